The molecular weight excluding hydrogens is 272 g/mol. The maximum atomic E-state index is 5.71. The summed E-state index contributed by atoms with van der Waals surface area (Å²) in [6.07, 6.45) is 0. The van der Waals surface area contributed by atoms with E-state index in [4.69, 9.17) is 5.84 Å². The van der Waals surface area contributed by atoms with Crippen molar-refractivity contribution >= 4 is 5.96 Å². The molecule has 0 radical (unpaired) electrons. The predicted octanol–water partition coefficient (Wildman–Crippen LogP) is 2.92. The van der Waals surface area contributed by atoms with E-state index in [1.807, 2.05) is 50.2 Å². The van der Waals surface area contributed by atoms with Crippen LogP contribution in [-0.2, 0) is 13.1 Å². The molecule has 22 heavy (non-hydrogen) atoms. The first kappa shape index (κ1) is 16.0. The van der Waals surface area contributed by atoms with E-state index in [1.165, 1.54) is 11.1 Å². The van der Waals surface area contributed by atoms with E-state index in [-0.39, 0.29) is 6.04 Å². The Morgan fingerprint density at radius 1 is 0.955 bits per heavy atom. The van der Waals surface area contributed by atoms with Crippen LogP contribution in [0.4, 0.5) is 0 Å². The standard InChI is InChI=1S/C18H24N4/c1-15(2)20-18(21-19)22(13-16-9-5-3-6-10-16)14-17-11-7-4-8-12-17/h3-12,15H,13-14,19H2,1-2H3,(H,20,21). The van der Waals surface area contributed by atoms with Crippen molar-refractivity contribution < 1.29 is 0 Å². The van der Waals surface area contributed by atoms with Crippen LogP contribution >= 0.6 is 0 Å². The molecule has 2 aromatic rings. The van der Waals surface area contributed by atoms with Gasteiger partial charge in [-0.1, -0.05) is 60.7 Å². The van der Waals surface area contributed by atoms with Crippen LogP contribution in [0.3, 0.4) is 0 Å². The van der Waals surface area contributed by atoms with Crippen molar-refractivity contribution in [3.8, 4) is 0 Å². The fourth-order valence-electron chi connectivity index (χ4n) is 2.27. The van der Waals surface area contributed by atoms with Crippen molar-refractivity contribution in [3.63, 3.8) is 0 Å². The van der Waals surface area contributed by atoms with Gasteiger partial charge in [0.15, 0.2) is 0 Å². The Balaban J connectivity index is 2.23. The normalized spacial score (nSPS) is 11.5. The fraction of sp³-hybridized carbons (Fsp3) is 0.278. The molecule has 0 unspecified atom stereocenters. The summed E-state index contributed by atoms with van der Waals surface area (Å²) in [5.41, 5.74) is 5.20. The van der Waals surface area contributed by atoms with Gasteiger partial charge in [0.2, 0.25) is 5.96 Å². The molecule has 0 saturated heterocycles. The molecule has 0 spiro atoms. The van der Waals surface area contributed by atoms with Crippen molar-refractivity contribution in [2.45, 2.75) is 33.0 Å². The minimum absolute atomic E-state index is 0.181. The summed E-state index contributed by atoms with van der Waals surface area (Å²) in [6, 6.07) is 20.9. The highest BCUT2D eigenvalue weighted by atomic mass is 15.4. The van der Waals surface area contributed by atoms with E-state index < -0.39 is 0 Å². The first-order valence-corrected chi connectivity index (χ1v) is 7.56. The molecular formula is C18H24N4. The summed E-state index contributed by atoms with van der Waals surface area (Å²) >= 11 is 0. The molecule has 4 heteroatoms. The molecule has 0 amide bonds. The van der Waals surface area contributed by atoms with Crippen LogP contribution in [0.1, 0.15) is 25.0 Å². The number of rotatable bonds is 5. The SMILES string of the molecule is CC(C)N=C(NN)N(Cc1ccccc1)Cc1ccccc1. The molecule has 4 nitrogen and oxygen atoms in total. The van der Waals surface area contributed by atoms with Gasteiger partial charge < -0.3 is 4.90 Å². The second-order valence-corrected chi connectivity index (χ2v) is 5.52. The molecule has 0 fully saturated rings. The van der Waals surface area contributed by atoms with Crippen molar-refractivity contribution in [2.24, 2.45) is 10.8 Å². The average molecular weight is 296 g/mol. The van der Waals surface area contributed by atoms with E-state index >= 15 is 0 Å². The van der Waals surface area contributed by atoms with Gasteiger partial charge >= 0.3 is 0 Å². The number of hydrogen-bond donors (Lipinski definition) is 2. The first-order valence-electron chi connectivity index (χ1n) is 7.56. The number of nitrogens with two attached hydrogens (primary N) is 1. The lowest BCUT2D eigenvalue weighted by Crippen LogP contribution is -2.44. The number of hydrazine groups is 1. The Kier molecular flexibility index (Phi) is 5.98. The Labute approximate surface area is 132 Å². The molecule has 2 aromatic carbocycles. The van der Waals surface area contributed by atoms with Crippen LogP contribution in [0.5, 0.6) is 0 Å². The minimum Gasteiger partial charge on any atom is -0.333 e. The number of guanidine groups is 1. The lowest BCUT2D eigenvalue weighted by atomic mass is 10.2. The maximum absolute atomic E-state index is 5.71. The summed E-state index contributed by atoms with van der Waals surface area (Å²) in [4.78, 5) is 6.75. The maximum Gasteiger partial charge on any atom is 0.209 e. The molecule has 3 N–H and O–H groups in total. The largest absolute Gasteiger partial charge is 0.333 e. The topological polar surface area (TPSA) is 53.6 Å². The molecule has 0 aliphatic rings. The van der Waals surface area contributed by atoms with Gasteiger partial charge in [0.05, 0.1) is 0 Å². The smallest absolute Gasteiger partial charge is 0.209 e. The third kappa shape index (κ3) is 4.90. The van der Waals surface area contributed by atoms with Crippen LogP contribution in [0.15, 0.2) is 65.7 Å². The Bertz CT molecular complexity index is 537. The van der Waals surface area contributed by atoms with E-state index in [0.717, 1.165) is 13.1 Å². The van der Waals surface area contributed by atoms with Crippen molar-refractivity contribution in [1.29, 1.82) is 0 Å². The summed E-state index contributed by atoms with van der Waals surface area (Å²) in [7, 11) is 0. The highest BCUT2D eigenvalue weighted by molar-refractivity contribution is 5.79. The summed E-state index contributed by atoms with van der Waals surface area (Å²) in [5, 5.41) is 0. The number of nitrogens with zero attached hydrogens (tertiary/aromatic N) is 2. The van der Waals surface area contributed by atoms with Gasteiger partial charge in [0.25, 0.3) is 0 Å². The predicted molar refractivity (Wildman–Crippen MR) is 92.0 cm³/mol. The van der Waals surface area contributed by atoms with E-state index in [2.05, 4.69) is 39.6 Å². The van der Waals surface area contributed by atoms with Gasteiger partial charge in [-0.15, -0.1) is 0 Å². The minimum atomic E-state index is 0.181. The Morgan fingerprint density at radius 2 is 1.41 bits per heavy atom. The summed E-state index contributed by atoms with van der Waals surface area (Å²) in [6.45, 7) is 5.60. The zero-order valence-corrected chi connectivity index (χ0v) is 13.2. The number of benzene rings is 2. The highest BCUT2D eigenvalue weighted by Gasteiger charge is 2.12. The molecule has 0 aromatic heterocycles. The van der Waals surface area contributed by atoms with E-state index in [1.54, 1.807) is 0 Å². The number of hydrogen-bond acceptors (Lipinski definition) is 2. The third-order valence-electron chi connectivity index (χ3n) is 3.24. The van der Waals surface area contributed by atoms with Gasteiger partial charge in [0.1, 0.15) is 0 Å². The van der Waals surface area contributed by atoms with Gasteiger partial charge in [0, 0.05) is 19.1 Å². The van der Waals surface area contributed by atoms with Crippen LogP contribution in [-0.4, -0.2) is 16.9 Å². The lowest BCUT2D eigenvalue weighted by molar-refractivity contribution is 0.388. The van der Waals surface area contributed by atoms with Gasteiger partial charge in [-0.25, -0.2) is 10.8 Å². The molecule has 0 aliphatic heterocycles. The molecule has 0 atom stereocenters. The van der Waals surface area contributed by atoms with Crippen LogP contribution in [0.25, 0.3) is 0 Å². The van der Waals surface area contributed by atoms with Crippen molar-refractivity contribution in [1.82, 2.24) is 10.3 Å². The molecule has 2 rings (SSSR count). The number of nitrogens with one attached hydrogen (secondary N) is 1. The highest BCUT2D eigenvalue weighted by Crippen LogP contribution is 2.10. The fourth-order valence-corrected chi connectivity index (χ4v) is 2.27. The summed E-state index contributed by atoms with van der Waals surface area (Å²) in [5.74, 6) is 6.42. The Hall–Kier alpha value is -2.33. The quantitative estimate of drug-likeness (QED) is 0.386. The zero-order chi connectivity index (χ0) is 15.8. The van der Waals surface area contributed by atoms with Crippen LogP contribution in [0, 0.1) is 0 Å². The molecule has 0 heterocycles. The Morgan fingerprint density at radius 3 is 1.77 bits per heavy atom. The van der Waals surface area contributed by atoms with E-state index in [0.29, 0.717) is 5.96 Å². The second-order valence-electron chi connectivity index (χ2n) is 5.52. The van der Waals surface area contributed by atoms with Crippen LogP contribution in [0.2, 0.25) is 0 Å². The molecule has 0 aliphatic carbocycles. The van der Waals surface area contributed by atoms with Crippen LogP contribution < -0.4 is 11.3 Å². The van der Waals surface area contributed by atoms with Gasteiger partial charge in [-0.05, 0) is 25.0 Å². The zero-order valence-electron chi connectivity index (χ0n) is 13.2. The molecule has 0 saturated carbocycles. The molecule has 116 valence electrons. The van der Waals surface area contributed by atoms with Gasteiger partial charge in [-0.2, -0.15) is 0 Å². The first-order chi connectivity index (χ1) is 10.7. The summed E-state index contributed by atoms with van der Waals surface area (Å²) < 4.78 is 0. The second kappa shape index (κ2) is 8.20. The molecule has 0 bridgehead atoms. The van der Waals surface area contributed by atoms with Crippen molar-refractivity contribution in [3.05, 3.63) is 71.8 Å². The van der Waals surface area contributed by atoms with Crippen molar-refractivity contribution in [2.75, 3.05) is 0 Å². The number of aliphatic imine (C=N–C) groups is 1. The average Bonchev–Trinajstić information content (AvgIpc) is 2.54. The van der Waals surface area contributed by atoms with Gasteiger partial charge in [-0.3, -0.25) is 5.43 Å². The van der Waals surface area contributed by atoms with E-state index in [9.17, 15) is 0 Å². The monoisotopic (exact) mass is 296 g/mol. The third-order valence-corrected chi connectivity index (χ3v) is 3.24. The lowest BCUT2D eigenvalue weighted by Gasteiger charge is -2.26.